The molecule has 0 atom stereocenters. The lowest BCUT2D eigenvalue weighted by atomic mass is 10.4. The molecule has 0 aliphatic carbocycles. The van der Waals surface area contributed by atoms with Gasteiger partial charge in [0.2, 0.25) is 15.9 Å². The molecule has 0 saturated carbocycles. The molecule has 1 aromatic heterocycles. The molecule has 0 aromatic carbocycles. The smallest absolute Gasteiger partial charge is 0.250 e. The van der Waals surface area contributed by atoms with Gasteiger partial charge in [0.15, 0.2) is 0 Å². The first-order chi connectivity index (χ1) is 6.92. The number of nitrogens with two attached hydrogens (primary N) is 1. The molecule has 0 spiro atoms. The maximum atomic E-state index is 11.6. The second kappa shape index (κ2) is 5.06. The van der Waals surface area contributed by atoms with E-state index >= 15 is 0 Å². The summed E-state index contributed by atoms with van der Waals surface area (Å²) in [4.78, 5) is 10.4. The third kappa shape index (κ3) is 3.90. The van der Waals surface area contributed by atoms with Crippen LogP contribution in [0.2, 0.25) is 0 Å². The summed E-state index contributed by atoms with van der Waals surface area (Å²) >= 11 is 4.27. The fourth-order valence-electron chi connectivity index (χ4n) is 0.822. The lowest BCUT2D eigenvalue weighted by molar-refractivity contribution is -0.117. The van der Waals surface area contributed by atoms with Gasteiger partial charge in [-0.25, -0.2) is 13.1 Å². The number of primary amides is 1. The molecule has 8 heteroatoms. The third-order valence-corrected chi connectivity index (χ3v) is 5.05. The molecular formula is C7H9BrN2O3S2. The molecule has 1 heterocycles. The summed E-state index contributed by atoms with van der Waals surface area (Å²) in [5, 5.41) is 0. The van der Waals surface area contributed by atoms with Crippen LogP contribution >= 0.6 is 27.3 Å². The lowest BCUT2D eigenvalue weighted by Crippen LogP contribution is -2.27. The topological polar surface area (TPSA) is 89.3 Å². The minimum atomic E-state index is -3.50. The zero-order valence-electron chi connectivity index (χ0n) is 7.57. The summed E-state index contributed by atoms with van der Waals surface area (Å²) in [6.45, 7) is 0.0210. The minimum absolute atomic E-state index is 0.00816. The van der Waals surface area contributed by atoms with Crippen molar-refractivity contribution in [3.05, 3.63) is 15.9 Å². The quantitative estimate of drug-likeness (QED) is 0.837. The summed E-state index contributed by atoms with van der Waals surface area (Å²) in [6, 6.07) is 3.13. The van der Waals surface area contributed by atoms with Crippen molar-refractivity contribution in [3.8, 4) is 0 Å². The molecule has 1 aromatic rings. The number of amides is 1. The molecule has 1 amide bonds. The Kier molecular flexibility index (Phi) is 4.26. The van der Waals surface area contributed by atoms with E-state index in [1.54, 1.807) is 6.07 Å². The zero-order valence-corrected chi connectivity index (χ0v) is 10.8. The molecule has 0 unspecified atom stereocenters. The number of nitrogens with one attached hydrogen (secondary N) is 1. The van der Waals surface area contributed by atoms with Crippen LogP contribution < -0.4 is 10.5 Å². The highest BCUT2D eigenvalue weighted by Gasteiger charge is 2.15. The van der Waals surface area contributed by atoms with Crippen LogP contribution in [-0.2, 0) is 14.8 Å². The highest BCUT2D eigenvalue weighted by molar-refractivity contribution is 9.11. The lowest BCUT2D eigenvalue weighted by Gasteiger charge is -2.02. The predicted molar refractivity (Wildman–Crippen MR) is 61.0 cm³/mol. The fourth-order valence-corrected chi connectivity index (χ4v) is 3.91. The number of thiophene rings is 1. The van der Waals surface area contributed by atoms with E-state index in [1.807, 2.05) is 0 Å². The highest BCUT2D eigenvalue weighted by Crippen LogP contribution is 2.25. The van der Waals surface area contributed by atoms with Crippen molar-refractivity contribution in [2.75, 3.05) is 6.54 Å². The van der Waals surface area contributed by atoms with Crippen molar-refractivity contribution < 1.29 is 13.2 Å². The molecule has 3 N–H and O–H groups in total. The van der Waals surface area contributed by atoms with E-state index in [1.165, 1.54) is 6.07 Å². The van der Waals surface area contributed by atoms with Gasteiger partial charge >= 0.3 is 0 Å². The van der Waals surface area contributed by atoms with Crippen LogP contribution in [0.5, 0.6) is 0 Å². The fraction of sp³-hybridized carbons (Fsp3) is 0.286. The van der Waals surface area contributed by atoms with E-state index in [2.05, 4.69) is 20.7 Å². The number of carbonyl (C=O) groups is 1. The summed E-state index contributed by atoms with van der Waals surface area (Å²) < 4.78 is 26.3. The van der Waals surface area contributed by atoms with Crippen LogP contribution in [0.4, 0.5) is 0 Å². The summed E-state index contributed by atoms with van der Waals surface area (Å²) in [5.74, 6) is -0.537. The average molecular weight is 313 g/mol. The first-order valence-corrected chi connectivity index (χ1v) is 7.04. The molecule has 5 nitrogen and oxygen atoms in total. The number of sulfonamides is 1. The molecule has 1 rings (SSSR count). The summed E-state index contributed by atoms with van der Waals surface area (Å²) in [7, 11) is -3.50. The summed E-state index contributed by atoms with van der Waals surface area (Å²) in [6.07, 6.45) is -0.00816. The van der Waals surface area contributed by atoms with Crippen LogP contribution in [0.25, 0.3) is 0 Å². The van der Waals surface area contributed by atoms with Crippen molar-refractivity contribution >= 4 is 43.2 Å². The second-order valence-electron chi connectivity index (χ2n) is 2.67. The standard InChI is InChI=1S/C7H9BrN2O3S2/c8-5-1-2-7(14-5)15(12,13)10-4-3-6(9)11/h1-2,10H,3-4H2,(H2,9,11). The molecule has 0 aliphatic heterocycles. The van der Waals surface area contributed by atoms with Gasteiger partial charge in [0.1, 0.15) is 4.21 Å². The Bertz CT molecular complexity index is 455. The largest absolute Gasteiger partial charge is 0.370 e. The molecule has 0 saturated heterocycles. The number of carbonyl (C=O) groups excluding carboxylic acids is 1. The Morgan fingerprint density at radius 2 is 2.20 bits per heavy atom. The first-order valence-electron chi connectivity index (χ1n) is 3.95. The molecule has 0 bridgehead atoms. The SMILES string of the molecule is NC(=O)CCNS(=O)(=O)c1ccc(Br)s1. The van der Waals surface area contributed by atoms with Crippen molar-refractivity contribution in [2.24, 2.45) is 5.73 Å². The Morgan fingerprint density at radius 1 is 1.53 bits per heavy atom. The molecule has 0 aliphatic rings. The van der Waals surface area contributed by atoms with Crippen LogP contribution in [-0.4, -0.2) is 20.9 Å². The average Bonchev–Trinajstić information content (AvgIpc) is 2.51. The van der Waals surface area contributed by atoms with Crippen LogP contribution in [0.15, 0.2) is 20.1 Å². The minimum Gasteiger partial charge on any atom is -0.370 e. The van der Waals surface area contributed by atoms with Gasteiger partial charge in [-0.15, -0.1) is 11.3 Å². The van der Waals surface area contributed by atoms with Crippen LogP contribution in [0.1, 0.15) is 6.42 Å². The number of halogens is 1. The van der Waals surface area contributed by atoms with Gasteiger partial charge in [0.25, 0.3) is 0 Å². The molecule has 0 fully saturated rings. The van der Waals surface area contributed by atoms with E-state index < -0.39 is 15.9 Å². The predicted octanol–water partition coefficient (Wildman–Crippen LogP) is 0.664. The van der Waals surface area contributed by atoms with E-state index in [9.17, 15) is 13.2 Å². The van der Waals surface area contributed by atoms with Gasteiger partial charge in [-0.2, -0.15) is 0 Å². The third-order valence-electron chi connectivity index (χ3n) is 1.48. The van der Waals surface area contributed by atoms with Crippen molar-refractivity contribution in [1.29, 1.82) is 0 Å². The zero-order chi connectivity index (χ0) is 11.5. The van der Waals surface area contributed by atoms with Crippen molar-refractivity contribution in [1.82, 2.24) is 4.72 Å². The molecular weight excluding hydrogens is 304 g/mol. The normalized spacial score (nSPS) is 11.5. The van der Waals surface area contributed by atoms with Gasteiger partial charge in [-0.1, -0.05) is 0 Å². The van der Waals surface area contributed by atoms with Gasteiger partial charge in [-0.3, -0.25) is 4.79 Å². The van der Waals surface area contributed by atoms with Gasteiger partial charge < -0.3 is 5.73 Å². The number of rotatable bonds is 5. The summed E-state index contributed by atoms with van der Waals surface area (Å²) in [5.41, 5.74) is 4.89. The van der Waals surface area contributed by atoms with Gasteiger partial charge in [0.05, 0.1) is 3.79 Å². The Hall–Kier alpha value is -0.440. The Morgan fingerprint density at radius 3 is 2.67 bits per heavy atom. The molecule has 84 valence electrons. The van der Waals surface area contributed by atoms with Crippen LogP contribution in [0, 0.1) is 0 Å². The van der Waals surface area contributed by atoms with Gasteiger partial charge in [-0.05, 0) is 28.1 Å². The molecule has 15 heavy (non-hydrogen) atoms. The van der Waals surface area contributed by atoms with E-state index in [0.29, 0.717) is 0 Å². The highest BCUT2D eigenvalue weighted by atomic mass is 79.9. The Labute approximate surface area is 99.8 Å². The van der Waals surface area contributed by atoms with Gasteiger partial charge in [0, 0.05) is 13.0 Å². The second-order valence-corrected chi connectivity index (χ2v) is 7.13. The number of hydrogen-bond donors (Lipinski definition) is 2. The maximum absolute atomic E-state index is 11.6. The van der Waals surface area contributed by atoms with E-state index in [-0.39, 0.29) is 17.2 Å². The monoisotopic (exact) mass is 312 g/mol. The van der Waals surface area contributed by atoms with E-state index in [4.69, 9.17) is 5.73 Å². The van der Waals surface area contributed by atoms with Crippen LogP contribution in [0.3, 0.4) is 0 Å². The van der Waals surface area contributed by atoms with Crippen molar-refractivity contribution in [3.63, 3.8) is 0 Å². The number of hydrogen-bond acceptors (Lipinski definition) is 4. The van der Waals surface area contributed by atoms with E-state index in [0.717, 1.165) is 15.1 Å². The van der Waals surface area contributed by atoms with Crippen molar-refractivity contribution in [2.45, 2.75) is 10.6 Å². The molecule has 0 radical (unpaired) electrons. The Balaban J connectivity index is 2.64. The maximum Gasteiger partial charge on any atom is 0.250 e. The first kappa shape index (κ1) is 12.6.